The molecule has 1 aliphatic rings. The molecule has 1 heterocycles. The van der Waals surface area contributed by atoms with Crippen LogP contribution in [0.15, 0.2) is 24.3 Å². The summed E-state index contributed by atoms with van der Waals surface area (Å²) < 4.78 is 5.34. The van der Waals surface area contributed by atoms with Gasteiger partial charge in [0.05, 0.1) is 17.9 Å². The van der Waals surface area contributed by atoms with Gasteiger partial charge in [0.1, 0.15) is 6.04 Å². The first-order valence-electron chi connectivity index (χ1n) is 6.98. The topological polar surface area (TPSA) is 58.6 Å². The third-order valence-corrected chi connectivity index (χ3v) is 3.38. The van der Waals surface area contributed by atoms with Crippen LogP contribution >= 0.6 is 0 Å². The monoisotopic (exact) mass is 276 g/mol. The fourth-order valence-electron chi connectivity index (χ4n) is 2.31. The molecule has 1 aromatic rings. The predicted octanol–water partition coefficient (Wildman–Crippen LogP) is 1.58. The number of amides is 2. The molecule has 0 radical (unpaired) electrons. The summed E-state index contributed by atoms with van der Waals surface area (Å²) in [6, 6.07) is 6.70. The number of anilines is 1. The second-order valence-corrected chi connectivity index (χ2v) is 4.64. The van der Waals surface area contributed by atoms with E-state index in [-0.39, 0.29) is 11.8 Å². The first kappa shape index (κ1) is 14.5. The van der Waals surface area contributed by atoms with E-state index in [2.05, 4.69) is 5.32 Å². The van der Waals surface area contributed by atoms with Crippen molar-refractivity contribution in [2.75, 3.05) is 24.7 Å². The van der Waals surface area contributed by atoms with Crippen molar-refractivity contribution in [3.05, 3.63) is 29.8 Å². The fraction of sp³-hybridized carbons (Fsp3) is 0.467. The molecule has 5 nitrogen and oxygen atoms in total. The highest BCUT2D eigenvalue weighted by atomic mass is 16.5. The molecule has 0 saturated heterocycles. The Balaban J connectivity index is 2.35. The zero-order chi connectivity index (χ0) is 14.5. The molecule has 2 amide bonds. The highest BCUT2D eigenvalue weighted by Crippen LogP contribution is 2.24. The highest BCUT2D eigenvalue weighted by molar-refractivity contribution is 6.10. The van der Waals surface area contributed by atoms with E-state index in [1.54, 1.807) is 23.1 Å². The summed E-state index contributed by atoms with van der Waals surface area (Å²) in [5.41, 5.74) is 1.19. The number of benzene rings is 1. The Hall–Kier alpha value is -1.88. The van der Waals surface area contributed by atoms with Gasteiger partial charge in [-0.3, -0.25) is 9.59 Å². The molecule has 0 spiro atoms. The van der Waals surface area contributed by atoms with Crippen LogP contribution in [0, 0.1) is 0 Å². The van der Waals surface area contributed by atoms with Crippen LogP contribution in [-0.4, -0.2) is 37.6 Å². The lowest BCUT2D eigenvalue weighted by molar-refractivity contribution is -0.120. The Labute approximate surface area is 118 Å². The molecule has 1 unspecified atom stereocenters. The molecule has 1 atom stereocenters. The molecule has 108 valence electrons. The third kappa shape index (κ3) is 2.82. The van der Waals surface area contributed by atoms with Gasteiger partial charge in [0, 0.05) is 13.2 Å². The van der Waals surface area contributed by atoms with Gasteiger partial charge in [-0.1, -0.05) is 19.1 Å². The third-order valence-electron chi connectivity index (χ3n) is 3.38. The van der Waals surface area contributed by atoms with E-state index in [0.717, 1.165) is 0 Å². The summed E-state index contributed by atoms with van der Waals surface area (Å²) >= 11 is 0. The first-order chi connectivity index (χ1) is 9.69. The number of ether oxygens (including phenoxy) is 1. The van der Waals surface area contributed by atoms with Crippen LogP contribution in [0.3, 0.4) is 0 Å². The van der Waals surface area contributed by atoms with Crippen molar-refractivity contribution in [3.8, 4) is 0 Å². The van der Waals surface area contributed by atoms with E-state index in [1.165, 1.54) is 0 Å². The minimum absolute atomic E-state index is 0.0782. The van der Waals surface area contributed by atoms with Gasteiger partial charge in [0.25, 0.3) is 5.91 Å². The average Bonchev–Trinajstić information content (AvgIpc) is 2.57. The maximum Gasteiger partial charge on any atom is 0.254 e. The SMILES string of the molecule is CCOCCN1C(=O)C(CC)NC(=O)c2ccccc21. The molecular weight excluding hydrogens is 256 g/mol. The number of nitrogens with zero attached hydrogens (tertiary/aromatic N) is 1. The van der Waals surface area contributed by atoms with Crippen LogP contribution in [-0.2, 0) is 9.53 Å². The molecule has 2 rings (SSSR count). The molecule has 0 aromatic heterocycles. The highest BCUT2D eigenvalue weighted by Gasteiger charge is 2.32. The van der Waals surface area contributed by atoms with Crippen molar-refractivity contribution in [1.29, 1.82) is 0 Å². The summed E-state index contributed by atoms with van der Waals surface area (Å²) in [7, 11) is 0. The maximum absolute atomic E-state index is 12.5. The van der Waals surface area contributed by atoms with E-state index in [9.17, 15) is 9.59 Å². The Morgan fingerprint density at radius 3 is 2.70 bits per heavy atom. The minimum atomic E-state index is -0.475. The van der Waals surface area contributed by atoms with Gasteiger partial charge in [-0.15, -0.1) is 0 Å². The fourth-order valence-corrected chi connectivity index (χ4v) is 2.31. The predicted molar refractivity (Wildman–Crippen MR) is 76.8 cm³/mol. The van der Waals surface area contributed by atoms with E-state index < -0.39 is 6.04 Å². The largest absolute Gasteiger partial charge is 0.380 e. The van der Waals surface area contributed by atoms with Crippen molar-refractivity contribution in [3.63, 3.8) is 0 Å². The quantitative estimate of drug-likeness (QED) is 0.831. The molecule has 1 aromatic carbocycles. The van der Waals surface area contributed by atoms with Crippen LogP contribution in [0.2, 0.25) is 0 Å². The molecular formula is C15H20N2O3. The molecule has 0 aliphatic carbocycles. The molecule has 0 saturated carbocycles. The number of carbonyl (C=O) groups is 2. The summed E-state index contributed by atoms with van der Waals surface area (Å²) in [6.07, 6.45) is 0.573. The van der Waals surface area contributed by atoms with Gasteiger partial charge in [0.2, 0.25) is 5.91 Å². The maximum atomic E-state index is 12.5. The van der Waals surface area contributed by atoms with Gasteiger partial charge in [0.15, 0.2) is 0 Å². The van der Waals surface area contributed by atoms with Crippen LogP contribution in [0.4, 0.5) is 5.69 Å². The molecule has 5 heteroatoms. The normalized spacial score (nSPS) is 18.5. The van der Waals surface area contributed by atoms with Gasteiger partial charge in [-0.2, -0.15) is 0 Å². The molecule has 1 aliphatic heterocycles. The Bertz CT molecular complexity index is 502. The van der Waals surface area contributed by atoms with Gasteiger partial charge in [-0.25, -0.2) is 0 Å². The van der Waals surface area contributed by atoms with E-state index >= 15 is 0 Å². The Kier molecular flexibility index (Phi) is 4.74. The second kappa shape index (κ2) is 6.52. The van der Waals surface area contributed by atoms with Gasteiger partial charge < -0.3 is 15.0 Å². The molecule has 20 heavy (non-hydrogen) atoms. The standard InChI is InChI=1S/C15H20N2O3/c1-3-12-15(19)17(9-10-20-4-2)13-8-6-5-7-11(13)14(18)16-12/h5-8,12H,3-4,9-10H2,1-2H3,(H,16,18). The van der Waals surface area contributed by atoms with Gasteiger partial charge >= 0.3 is 0 Å². The number of nitrogens with one attached hydrogen (secondary N) is 1. The zero-order valence-corrected chi connectivity index (χ0v) is 11.9. The number of para-hydroxylation sites is 1. The first-order valence-corrected chi connectivity index (χ1v) is 6.98. The van der Waals surface area contributed by atoms with E-state index in [4.69, 9.17) is 4.74 Å². The number of hydrogen-bond acceptors (Lipinski definition) is 3. The van der Waals surface area contributed by atoms with Crippen LogP contribution in [0.1, 0.15) is 30.6 Å². The Morgan fingerprint density at radius 1 is 1.25 bits per heavy atom. The van der Waals surface area contributed by atoms with E-state index in [0.29, 0.717) is 37.4 Å². The van der Waals surface area contributed by atoms with Crippen molar-refractivity contribution in [2.24, 2.45) is 0 Å². The summed E-state index contributed by atoms with van der Waals surface area (Å²) in [6.45, 7) is 5.33. The number of rotatable bonds is 5. The van der Waals surface area contributed by atoms with E-state index in [1.807, 2.05) is 19.9 Å². The Morgan fingerprint density at radius 2 is 2.00 bits per heavy atom. The van der Waals surface area contributed by atoms with Crippen LogP contribution in [0.25, 0.3) is 0 Å². The van der Waals surface area contributed by atoms with Crippen LogP contribution in [0.5, 0.6) is 0 Å². The lowest BCUT2D eigenvalue weighted by Crippen LogP contribution is -2.46. The summed E-state index contributed by atoms with van der Waals surface area (Å²) in [5.74, 6) is -0.273. The summed E-state index contributed by atoms with van der Waals surface area (Å²) in [5, 5.41) is 2.78. The second-order valence-electron chi connectivity index (χ2n) is 4.64. The minimum Gasteiger partial charge on any atom is -0.380 e. The number of hydrogen-bond donors (Lipinski definition) is 1. The summed E-state index contributed by atoms with van der Waals surface area (Å²) in [4.78, 5) is 26.4. The van der Waals surface area contributed by atoms with Crippen molar-refractivity contribution >= 4 is 17.5 Å². The van der Waals surface area contributed by atoms with Gasteiger partial charge in [-0.05, 0) is 25.5 Å². The number of carbonyl (C=O) groups excluding carboxylic acids is 2. The van der Waals surface area contributed by atoms with Crippen molar-refractivity contribution < 1.29 is 14.3 Å². The van der Waals surface area contributed by atoms with Crippen LogP contribution < -0.4 is 10.2 Å². The lowest BCUT2D eigenvalue weighted by atomic mass is 10.1. The number of fused-ring (bicyclic) bond motifs is 1. The average molecular weight is 276 g/mol. The lowest BCUT2D eigenvalue weighted by Gasteiger charge is -2.24. The zero-order valence-electron chi connectivity index (χ0n) is 11.9. The van der Waals surface area contributed by atoms with Crippen molar-refractivity contribution in [1.82, 2.24) is 5.32 Å². The molecule has 1 N–H and O–H groups in total. The molecule has 0 fully saturated rings. The molecule has 0 bridgehead atoms. The van der Waals surface area contributed by atoms with Crippen molar-refractivity contribution in [2.45, 2.75) is 26.3 Å². The smallest absolute Gasteiger partial charge is 0.254 e.